The number of hydrogen-bond acceptors (Lipinski definition) is 3. The molecule has 3 nitrogen and oxygen atoms in total. The zero-order valence-electron chi connectivity index (χ0n) is 13.1. The number of likely N-dealkylation sites (N-methyl/N-ethyl adjacent to an activating group) is 1. The first-order valence-corrected chi connectivity index (χ1v) is 7.50. The van der Waals surface area contributed by atoms with Crippen LogP contribution in [0.4, 0.5) is 0 Å². The van der Waals surface area contributed by atoms with Crippen LogP contribution in [0, 0.1) is 6.92 Å². The molecule has 1 aromatic rings. The maximum Gasteiger partial charge on any atom is 0.319 e. The van der Waals surface area contributed by atoms with Gasteiger partial charge in [-0.1, -0.05) is 36.8 Å². The zero-order chi connectivity index (χ0) is 14.9. The lowest BCUT2D eigenvalue weighted by Gasteiger charge is -2.60. The first-order valence-electron chi connectivity index (χ1n) is 7.50. The first kappa shape index (κ1) is 15.0. The zero-order valence-corrected chi connectivity index (χ0v) is 13.1. The van der Waals surface area contributed by atoms with E-state index in [4.69, 9.17) is 4.74 Å². The van der Waals surface area contributed by atoms with Gasteiger partial charge in [0.2, 0.25) is 0 Å². The number of benzene rings is 1. The minimum atomic E-state index is -0.530. The number of nitrogens with zero attached hydrogens (tertiary/aromatic N) is 1. The molecule has 0 N–H and O–H groups in total. The van der Waals surface area contributed by atoms with E-state index < -0.39 is 5.41 Å². The molecule has 0 bridgehead atoms. The van der Waals surface area contributed by atoms with Gasteiger partial charge in [0.1, 0.15) is 5.41 Å². The molecule has 0 aromatic heterocycles. The Balaban J connectivity index is 2.49. The molecule has 1 aromatic carbocycles. The third-order valence-corrected chi connectivity index (χ3v) is 4.79. The smallest absolute Gasteiger partial charge is 0.319 e. The molecule has 0 radical (unpaired) electrons. The molecule has 1 heterocycles. The standard InChI is InChI=1S/C17H25NO2/c1-6-18-13(4)17(14(18)5,16(19)20-7-2)15-10-8-9-12(3)11-15/h8-11,13-14H,6-7H2,1-5H3. The summed E-state index contributed by atoms with van der Waals surface area (Å²) < 4.78 is 5.41. The van der Waals surface area contributed by atoms with Crippen LogP contribution in [0.2, 0.25) is 0 Å². The number of esters is 1. The molecule has 3 heteroatoms. The van der Waals surface area contributed by atoms with Crippen LogP contribution in [0.15, 0.2) is 24.3 Å². The van der Waals surface area contributed by atoms with Gasteiger partial charge in [-0.15, -0.1) is 0 Å². The van der Waals surface area contributed by atoms with E-state index in [9.17, 15) is 4.79 Å². The van der Waals surface area contributed by atoms with Crippen molar-refractivity contribution in [1.29, 1.82) is 0 Å². The fourth-order valence-corrected chi connectivity index (χ4v) is 3.77. The largest absolute Gasteiger partial charge is 0.465 e. The van der Waals surface area contributed by atoms with Crippen LogP contribution in [0.5, 0.6) is 0 Å². The molecule has 2 rings (SSSR count). The van der Waals surface area contributed by atoms with Gasteiger partial charge in [0.25, 0.3) is 0 Å². The van der Waals surface area contributed by atoms with Crippen LogP contribution in [0.25, 0.3) is 0 Å². The minimum Gasteiger partial charge on any atom is -0.465 e. The van der Waals surface area contributed by atoms with Gasteiger partial charge in [-0.3, -0.25) is 9.69 Å². The Kier molecular flexibility index (Phi) is 4.19. The highest BCUT2D eigenvalue weighted by atomic mass is 16.5. The van der Waals surface area contributed by atoms with Crippen LogP contribution in [0.1, 0.15) is 38.8 Å². The van der Waals surface area contributed by atoms with Crippen molar-refractivity contribution >= 4 is 5.97 Å². The number of hydrogen-bond donors (Lipinski definition) is 0. The van der Waals surface area contributed by atoms with E-state index in [2.05, 4.69) is 50.8 Å². The average molecular weight is 275 g/mol. The number of likely N-dealkylation sites (tertiary alicyclic amines) is 1. The summed E-state index contributed by atoms with van der Waals surface area (Å²) in [5, 5.41) is 0. The van der Waals surface area contributed by atoms with E-state index in [0.29, 0.717) is 6.61 Å². The van der Waals surface area contributed by atoms with E-state index in [-0.39, 0.29) is 18.1 Å². The van der Waals surface area contributed by atoms with Gasteiger partial charge < -0.3 is 4.74 Å². The number of carbonyl (C=O) groups excluding carboxylic acids is 1. The van der Waals surface area contributed by atoms with Crippen molar-refractivity contribution in [2.24, 2.45) is 0 Å². The lowest BCUT2D eigenvalue weighted by molar-refractivity contribution is -0.171. The predicted molar refractivity (Wildman–Crippen MR) is 80.8 cm³/mol. The Bertz CT molecular complexity index is 488. The first-order chi connectivity index (χ1) is 9.49. The molecule has 0 aliphatic carbocycles. The van der Waals surface area contributed by atoms with Crippen LogP contribution >= 0.6 is 0 Å². The van der Waals surface area contributed by atoms with Gasteiger partial charge in [0, 0.05) is 12.1 Å². The maximum atomic E-state index is 12.7. The normalized spacial score (nSPS) is 29.9. The van der Waals surface area contributed by atoms with E-state index >= 15 is 0 Å². The minimum absolute atomic E-state index is 0.0877. The Morgan fingerprint density at radius 1 is 1.30 bits per heavy atom. The fourth-order valence-electron chi connectivity index (χ4n) is 3.77. The second-order valence-electron chi connectivity index (χ2n) is 5.64. The molecule has 2 atom stereocenters. The van der Waals surface area contributed by atoms with Crippen molar-refractivity contribution in [3.05, 3.63) is 35.4 Å². The molecule has 1 fully saturated rings. The Hall–Kier alpha value is -1.35. The summed E-state index contributed by atoms with van der Waals surface area (Å²) in [4.78, 5) is 15.0. The van der Waals surface area contributed by atoms with Gasteiger partial charge in [0.15, 0.2) is 0 Å². The topological polar surface area (TPSA) is 29.5 Å². The van der Waals surface area contributed by atoms with Crippen molar-refractivity contribution in [2.45, 2.75) is 52.1 Å². The average Bonchev–Trinajstić information content (AvgIpc) is 2.40. The number of aryl methyl sites for hydroxylation is 1. The van der Waals surface area contributed by atoms with Gasteiger partial charge in [-0.05, 0) is 39.8 Å². The van der Waals surface area contributed by atoms with E-state index in [1.165, 1.54) is 5.56 Å². The molecule has 0 amide bonds. The summed E-state index contributed by atoms with van der Waals surface area (Å²) in [6.45, 7) is 11.7. The van der Waals surface area contributed by atoms with E-state index in [1.54, 1.807) is 0 Å². The number of carbonyl (C=O) groups is 1. The summed E-state index contributed by atoms with van der Waals surface area (Å²) in [6.07, 6.45) is 0. The second-order valence-corrected chi connectivity index (χ2v) is 5.64. The van der Waals surface area contributed by atoms with Crippen LogP contribution in [-0.4, -0.2) is 36.1 Å². The molecule has 0 spiro atoms. The van der Waals surface area contributed by atoms with Gasteiger partial charge in [-0.25, -0.2) is 0 Å². The predicted octanol–water partition coefficient (Wildman–Crippen LogP) is 2.91. The molecule has 0 saturated carbocycles. The summed E-state index contributed by atoms with van der Waals surface area (Å²) in [5.74, 6) is -0.0877. The summed E-state index contributed by atoms with van der Waals surface area (Å²) >= 11 is 0. The van der Waals surface area contributed by atoms with E-state index in [0.717, 1.165) is 12.1 Å². The molecular formula is C17H25NO2. The Morgan fingerprint density at radius 2 is 1.95 bits per heavy atom. The van der Waals surface area contributed by atoms with Gasteiger partial charge in [0.05, 0.1) is 6.61 Å². The fraction of sp³-hybridized carbons (Fsp3) is 0.588. The van der Waals surface area contributed by atoms with E-state index in [1.807, 2.05) is 13.0 Å². The molecule has 1 aliphatic rings. The Labute approximate surface area is 121 Å². The van der Waals surface area contributed by atoms with Crippen molar-refractivity contribution < 1.29 is 9.53 Å². The lowest BCUT2D eigenvalue weighted by atomic mass is 9.61. The van der Waals surface area contributed by atoms with Gasteiger partial charge >= 0.3 is 5.97 Å². The monoisotopic (exact) mass is 275 g/mol. The summed E-state index contributed by atoms with van der Waals surface area (Å²) in [6, 6.07) is 8.61. The quantitative estimate of drug-likeness (QED) is 0.791. The van der Waals surface area contributed by atoms with Gasteiger partial charge in [-0.2, -0.15) is 0 Å². The molecule has 110 valence electrons. The maximum absolute atomic E-state index is 12.7. The van der Waals surface area contributed by atoms with Crippen molar-refractivity contribution in [3.63, 3.8) is 0 Å². The molecule has 1 aliphatic heterocycles. The molecule has 20 heavy (non-hydrogen) atoms. The lowest BCUT2D eigenvalue weighted by Crippen LogP contribution is -2.75. The van der Waals surface area contributed by atoms with Crippen molar-refractivity contribution in [1.82, 2.24) is 4.90 Å². The number of rotatable bonds is 4. The van der Waals surface area contributed by atoms with Crippen LogP contribution in [-0.2, 0) is 14.9 Å². The SMILES string of the molecule is CCOC(=O)C1(c2cccc(C)c2)C(C)N(CC)C1C. The molecule has 2 unspecified atom stereocenters. The van der Waals surface area contributed by atoms with Crippen LogP contribution in [0.3, 0.4) is 0 Å². The number of ether oxygens (including phenoxy) is 1. The highest BCUT2D eigenvalue weighted by Crippen LogP contribution is 2.47. The second kappa shape index (κ2) is 5.57. The van der Waals surface area contributed by atoms with Crippen LogP contribution < -0.4 is 0 Å². The highest BCUT2D eigenvalue weighted by molar-refractivity contribution is 5.87. The molecule has 1 saturated heterocycles. The highest BCUT2D eigenvalue weighted by Gasteiger charge is 2.62. The Morgan fingerprint density at radius 3 is 2.45 bits per heavy atom. The third-order valence-electron chi connectivity index (χ3n) is 4.79. The van der Waals surface area contributed by atoms with Crippen molar-refractivity contribution in [2.75, 3.05) is 13.2 Å². The molecular weight excluding hydrogens is 250 g/mol. The van der Waals surface area contributed by atoms with Crippen molar-refractivity contribution in [3.8, 4) is 0 Å². The summed E-state index contributed by atoms with van der Waals surface area (Å²) in [5.41, 5.74) is 1.74. The third kappa shape index (κ3) is 1.96. The summed E-state index contributed by atoms with van der Waals surface area (Å²) in [7, 11) is 0.